The van der Waals surface area contributed by atoms with Crippen molar-refractivity contribution < 1.29 is 9.21 Å². The van der Waals surface area contributed by atoms with Gasteiger partial charge in [-0.1, -0.05) is 48.5 Å². The average Bonchev–Trinajstić information content (AvgIpc) is 3.37. The van der Waals surface area contributed by atoms with E-state index in [0.717, 1.165) is 22.5 Å². The van der Waals surface area contributed by atoms with E-state index in [2.05, 4.69) is 32.7 Å². The maximum Gasteiger partial charge on any atom is 0.247 e. The zero-order valence-electron chi connectivity index (χ0n) is 17.7. The first-order chi connectivity index (χ1) is 15.1. The van der Waals surface area contributed by atoms with Crippen LogP contribution >= 0.6 is 0 Å². The first kappa shape index (κ1) is 20.5. The van der Waals surface area contributed by atoms with E-state index in [1.807, 2.05) is 67.1 Å². The van der Waals surface area contributed by atoms with Crippen molar-refractivity contribution in [1.29, 1.82) is 0 Å². The molecular weight excluding hydrogens is 390 g/mol. The summed E-state index contributed by atoms with van der Waals surface area (Å²) in [6, 6.07) is 19.8. The summed E-state index contributed by atoms with van der Waals surface area (Å²) in [4.78, 5) is 12.4. The van der Waals surface area contributed by atoms with Crippen LogP contribution in [0, 0.1) is 13.8 Å². The van der Waals surface area contributed by atoms with E-state index in [4.69, 9.17) is 4.42 Å². The summed E-state index contributed by atoms with van der Waals surface area (Å²) in [7, 11) is 0. The van der Waals surface area contributed by atoms with Gasteiger partial charge in [0.15, 0.2) is 0 Å². The van der Waals surface area contributed by atoms with Gasteiger partial charge >= 0.3 is 0 Å². The summed E-state index contributed by atoms with van der Waals surface area (Å²) in [5, 5.41) is 15.7. The van der Waals surface area contributed by atoms with Crippen LogP contribution in [0.2, 0.25) is 0 Å². The van der Waals surface area contributed by atoms with Gasteiger partial charge in [0.25, 0.3) is 0 Å². The van der Waals surface area contributed by atoms with Gasteiger partial charge < -0.3 is 9.73 Å². The van der Waals surface area contributed by atoms with Gasteiger partial charge in [-0.05, 0) is 31.5 Å². The van der Waals surface area contributed by atoms with E-state index in [9.17, 15) is 4.79 Å². The number of carbonyl (C=O) groups excluding carboxylic acids is 1. The second-order valence-electron chi connectivity index (χ2n) is 7.44. The minimum absolute atomic E-state index is 0.0610. The summed E-state index contributed by atoms with van der Waals surface area (Å²) in [5.41, 5.74) is 5.10. The molecule has 0 bridgehead atoms. The fourth-order valence-electron chi connectivity index (χ4n) is 3.45. The fraction of sp³-hybridized carbons (Fsp3) is 0.250. The van der Waals surface area contributed by atoms with E-state index in [1.54, 1.807) is 0 Å². The van der Waals surface area contributed by atoms with E-state index in [-0.39, 0.29) is 12.3 Å². The van der Waals surface area contributed by atoms with Gasteiger partial charge in [0, 0.05) is 36.2 Å². The Kier molecular flexibility index (Phi) is 6.21. The quantitative estimate of drug-likeness (QED) is 0.472. The molecule has 2 heterocycles. The number of carbonyl (C=O) groups is 1. The number of aryl methyl sites for hydroxylation is 2. The monoisotopic (exact) mass is 415 g/mol. The highest BCUT2D eigenvalue weighted by molar-refractivity contribution is 5.76. The maximum absolute atomic E-state index is 12.4. The number of hydrogen-bond acceptors (Lipinski definition) is 5. The topological polar surface area (TPSA) is 85.8 Å². The summed E-state index contributed by atoms with van der Waals surface area (Å²) < 4.78 is 7.65. The van der Waals surface area contributed by atoms with Crippen LogP contribution in [0.15, 0.2) is 65.1 Å². The Bertz CT molecular complexity index is 1150. The van der Waals surface area contributed by atoms with Gasteiger partial charge in [0.05, 0.1) is 12.2 Å². The van der Waals surface area contributed by atoms with Crippen molar-refractivity contribution in [1.82, 2.24) is 25.3 Å². The number of nitrogens with one attached hydrogen (secondary N) is 1. The Morgan fingerprint density at radius 3 is 2.45 bits per heavy atom. The Morgan fingerprint density at radius 1 is 1.00 bits per heavy atom. The lowest BCUT2D eigenvalue weighted by Gasteiger charge is -2.07. The summed E-state index contributed by atoms with van der Waals surface area (Å²) >= 11 is 0. The first-order valence-electron chi connectivity index (χ1n) is 10.3. The molecule has 0 unspecified atom stereocenters. The molecule has 0 aliphatic rings. The largest absolute Gasteiger partial charge is 0.421 e. The highest BCUT2D eigenvalue weighted by atomic mass is 16.4. The molecule has 7 heteroatoms. The molecule has 0 radical (unpaired) electrons. The molecular formula is C24H25N5O2. The maximum atomic E-state index is 12.4. The van der Waals surface area contributed by atoms with E-state index in [0.29, 0.717) is 31.3 Å². The van der Waals surface area contributed by atoms with Gasteiger partial charge in [0.1, 0.15) is 0 Å². The Labute approximate surface area is 181 Å². The summed E-state index contributed by atoms with van der Waals surface area (Å²) in [6.07, 6.45) is 0.684. The van der Waals surface area contributed by atoms with Crippen LogP contribution in [-0.2, 0) is 24.3 Å². The molecule has 0 atom stereocenters. The van der Waals surface area contributed by atoms with Crippen molar-refractivity contribution in [2.24, 2.45) is 0 Å². The number of rotatable bonds is 8. The number of nitrogens with zero attached hydrogens (tertiary/aromatic N) is 4. The molecule has 31 heavy (non-hydrogen) atoms. The third kappa shape index (κ3) is 5.06. The SMILES string of the molecule is Cc1nn(Cc2ccccc2)c(C)c1CNC(=O)CCc1nnc(-c2ccccc2)o1. The molecule has 0 aliphatic heterocycles. The molecule has 0 fully saturated rings. The minimum atomic E-state index is -0.0610. The lowest BCUT2D eigenvalue weighted by Crippen LogP contribution is -2.23. The van der Waals surface area contributed by atoms with Gasteiger partial charge in [-0.25, -0.2) is 0 Å². The molecule has 0 aliphatic carbocycles. The Hall–Kier alpha value is -3.74. The predicted octanol–water partition coefficient (Wildman–Crippen LogP) is 3.85. The zero-order valence-corrected chi connectivity index (χ0v) is 17.7. The molecule has 2 aromatic carbocycles. The highest BCUT2D eigenvalue weighted by Crippen LogP contribution is 2.18. The van der Waals surface area contributed by atoms with Crippen LogP contribution < -0.4 is 5.32 Å². The Balaban J connectivity index is 1.31. The van der Waals surface area contributed by atoms with Crippen molar-refractivity contribution >= 4 is 5.91 Å². The molecule has 1 amide bonds. The van der Waals surface area contributed by atoms with E-state index >= 15 is 0 Å². The van der Waals surface area contributed by atoms with Crippen molar-refractivity contribution in [2.75, 3.05) is 0 Å². The third-order valence-corrected chi connectivity index (χ3v) is 5.22. The third-order valence-electron chi connectivity index (χ3n) is 5.22. The van der Waals surface area contributed by atoms with Gasteiger partial charge in [-0.15, -0.1) is 10.2 Å². The minimum Gasteiger partial charge on any atom is -0.421 e. The van der Waals surface area contributed by atoms with E-state index in [1.165, 1.54) is 5.56 Å². The first-order valence-corrected chi connectivity index (χ1v) is 10.3. The number of amides is 1. The van der Waals surface area contributed by atoms with Crippen molar-refractivity contribution in [3.63, 3.8) is 0 Å². The lowest BCUT2D eigenvalue weighted by atomic mass is 10.2. The van der Waals surface area contributed by atoms with Gasteiger partial charge in [-0.3, -0.25) is 9.48 Å². The van der Waals surface area contributed by atoms with Crippen LogP contribution in [0.4, 0.5) is 0 Å². The summed E-state index contributed by atoms with van der Waals surface area (Å²) in [6.45, 7) is 5.17. The smallest absolute Gasteiger partial charge is 0.247 e. The average molecular weight is 415 g/mol. The second-order valence-corrected chi connectivity index (χ2v) is 7.44. The van der Waals surface area contributed by atoms with Crippen LogP contribution in [0.25, 0.3) is 11.5 Å². The molecule has 0 saturated carbocycles. The van der Waals surface area contributed by atoms with Crippen LogP contribution in [0.3, 0.4) is 0 Å². The van der Waals surface area contributed by atoms with Crippen molar-refractivity contribution in [3.05, 3.63) is 89.1 Å². The molecule has 4 aromatic rings. The van der Waals surface area contributed by atoms with E-state index < -0.39 is 0 Å². The van der Waals surface area contributed by atoms with Gasteiger partial charge in [0.2, 0.25) is 17.7 Å². The normalized spacial score (nSPS) is 10.9. The van der Waals surface area contributed by atoms with Crippen molar-refractivity contribution in [3.8, 4) is 11.5 Å². The standard InChI is InChI=1S/C24H25N5O2/c1-17-21(18(2)29(28-17)16-19-9-5-3-6-10-19)15-25-22(30)13-14-23-26-27-24(31-23)20-11-7-4-8-12-20/h3-12H,13-16H2,1-2H3,(H,25,30). The van der Waals surface area contributed by atoms with Gasteiger partial charge in [-0.2, -0.15) is 5.10 Å². The number of benzene rings is 2. The highest BCUT2D eigenvalue weighted by Gasteiger charge is 2.14. The number of aromatic nitrogens is 4. The van der Waals surface area contributed by atoms with Crippen LogP contribution in [-0.4, -0.2) is 25.9 Å². The fourth-order valence-corrected chi connectivity index (χ4v) is 3.45. The molecule has 2 aromatic heterocycles. The molecule has 4 rings (SSSR count). The molecule has 158 valence electrons. The number of hydrogen-bond donors (Lipinski definition) is 1. The second kappa shape index (κ2) is 9.38. The molecule has 0 spiro atoms. The molecule has 1 N–H and O–H groups in total. The lowest BCUT2D eigenvalue weighted by molar-refractivity contribution is -0.121. The summed E-state index contributed by atoms with van der Waals surface area (Å²) in [5.74, 6) is 0.860. The zero-order chi connectivity index (χ0) is 21.6. The van der Waals surface area contributed by atoms with Crippen molar-refractivity contribution in [2.45, 2.75) is 39.8 Å². The molecule has 0 saturated heterocycles. The van der Waals surface area contributed by atoms with Crippen LogP contribution in [0.5, 0.6) is 0 Å². The Morgan fingerprint density at radius 2 is 1.71 bits per heavy atom. The molecule has 7 nitrogen and oxygen atoms in total. The van der Waals surface area contributed by atoms with Crippen LogP contribution in [0.1, 0.15) is 34.8 Å². The predicted molar refractivity (Wildman–Crippen MR) is 117 cm³/mol.